The van der Waals surface area contributed by atoms with E-state index in [1.807, 2.05) is 20.3 Å². The number of aromatic nitrogens is 3. The number of nitrogens with one attached hydrogen (secondary N) is 1. The van der Waals surface area contributed by atoms with E-state index in [1.165, 1.54) is 25.7 Å². The first-order valence-electron chi connectivity index (χ1n) is 5.80. The van der Waals surface area contributed by atoms with Gasteiger partial charge in [0.25, 0.3) is 0 Å². The molecule has 2 rings (SSSR count). The van der Waals surface area contributed by atoms with Crippen molar-refractivity contribution in [3.63, 3.8) is 0 Å². The van der Waals surface area contributed by atoms with Crippen LogP contribution in [0.3, 0.4) is 0 Å². The zero-order chi connectivity index (χ0) is 10.7. The zero-order valence-electron chi connectivity index (χ0n) is 9.61. The van der Waals surface area contributed by atoms with Gasteiger partial charge in [-0.15, -0.1) is 5.10 Å². The molecule has 0 bridgehead atoms. The third kappa shape index (κ3) is 2.78. The lowest BCUT2D eigenvalue weighted by molar-refractivity contribution is 0.263. The Morgan fingerprint density at radius 2 is 2.40 bits per heavy atom. The van der Waals surface area contributed by atoms with Gasteiger partial charge < -0.3 is 5.32 Å². The van der Waals surface area contributed by atoms with E-state index in [0.29, 0.717) is 6.04 Å². The molecular formula is C11H20N4. The van der Waals surface area contributed by atoms with Gasteiger partial charge >= 0.3 is 0 Å². The molecule has 1 fully saturated rings. The molecule has 0 saturated heterocycles. The van der Waals surface area contributed by atoms with Crippen LogP contribution in [0, 0.1) is 5.92 Å². The lowest BCUT2D eigenvalue weighted by Gasteiger charge is -2.29. The molecular weight excluding hydrogens is 188 g/mol. The summed E-state index contributed by atoms with van der Waals surface area (Å²) < 4.78 is 1.77. The van der Waals surface area contributed by atoms with Crippen molar-refractivity contribution in [1.82, 2.24) is 20.3 Å². The van der Waals surface area contributed by atoms with Gasteiger partial charge in [-0.2, -0.15) is 0 Å². The molecule has 1 saturated carbocycles. The van der Waals surface area contributed by atoms with Crippen molar-refractivity contribution >= 4 is 0 Å². The van der Waals surface area contributed by atoms with Crippen LogP contribution in [0.2, 0.25) is 0 Å². The van der Waals surface area contributed by atoms with Crippen molar-refractivity contribution in [2.24, 2.45) is 13.0 Å². The first kappa shape index (κ1) is 10.6. The highest BCUT2D eigenvalue weighted by Gasteiger charge is 2.21. The van der Waals surface area contributed by atoms with E-state index in [0.717, 1.165) is 18.0 Å². The summed E-state index contributed by atoms with van der Waals surface area (Å²) in [6.07, 6.45) is 8.54. The van der Waals surface area contributed by atoms with Crippen LogP contribution in [0.5, 0.6) is 0 Å². The fourth-order valence-corrected chi connectivity index (χ4v) is 2.18. The molecule has 0 aromatic carbocycles. The highest BCUT2D eigenvalue weighted by Crippen LogP contribution is 2.30. The van der Waals surface area contributed by atoms with Crippen molar-refractivity contribution in [2.45, 2.75) is 38.1 Å². The summed E-state index contributed by atoms with van der Waals surface area (Å²) in [5.41, 5.74) is 1.09. The molecule has 0 amide bonds. The number of hydrogen-bond donors (Lipinski definition) is 1. The van der Waals surface area contributed by atoms with Crippen molar-refractivity contribution in [3.05, 3.63) is 11.9 Å². The molecule has 1 heterocycles. The van der Waals surface area contributed by atoms with Gasteiger partial charge in [-0.3, -0.25) is 4.68 Å². The number of nitrogens with zero attached hydrogens (tertiary/aromatic N) is 3. The lowest BCUT2D eigenvalue weighted by Crippen LogP contribution is -2.32. The Hall–Kier alpha value is -0.900. The van der Waals surface area contributed by atoms with E-state index in [4.69, 9.17) is 0 Å². The summed E-state index contributed by atoms with van der Waals surface area (Å²) in [6.45, 7) is 0. The SMILES string of the molecule is CNC(Cc1cn(C)nn1)CC1CCC1. The first-order chi connectivity index (χ1) is 7.28. The summed E-state index contributed by atoms with van der Waals surface area (Å²) in [7, 11) is 3.95. The van der Waals surface area contributed by atoms with Crippen LogP contribution < -0.4 is 5.32 Å². The van der Waals surface area contributed by atoms with Crippen molar-refractivity contribution in [1.29, 1.82) is 0 Å². The average molecular weight is 208 g/mol. The molecule has 1 atom stereocenters. The summed E-state index contributed by atoms with van der Waals surface area (Å²) in [5.74, 6) is 0.944. The number of likely N-dealkylation sites (N-methyl/N-ethyl adjacent to an activating group) is 1. The van der Waals surface area contributed by atoms with E-state index >= 15 is 0 Å². The summed E-state index contributed by atoms with van der Waals surface area (Å²) in [4.78, 5) is 0. The average Bonchev–Trinajstić information content (AvgIpc) is 2.55. The molecule has 1 aliphatic rings. The van der Waals surface area contributed by atoms with Gasteiger partial charge in [0.05, 0.1) is 5.69 Å². The van der Waals surface area contributed by atoms with Crippen molar-refractivity contribution in [3.8, 4) is 0 Å². The lowest BCUT2D eigenvalue weighted by atomic mass is 9.80. The Bertz CT molecular complexity index is 303. The van der Waals surface area contributed by atoms with Gasteiger partial charge in [0.2, 0.25) is 0 Å². The third-order valence-electron chi connectivity index (χ3n) is 3.36. The van der Waals surface area contributed by atoms with E-state index in [2.05, 4.69) is 15.6 Å². The van der Waals surface area contributed by atoms with Crippen LogP contribution in [0.15, 0.2) is 6.20 Å². The summed E-state index contributed by atoms with van der Waals surface area (Å²) in [5, 5.41) is 11.5. The number of aryl methyl sites for hydroxylation is 1. The van der Waals surface area contributed by atoms with Gasteiger partial charge in [-0.05, 0) is 19.4 Å². The quantitative estimate of drug-likeness (QED) is 0.789. The van der Waals surface area contributed by atoms with E-state index in [-0.39, 0.29) is 0 Å². The van der Waals surface area contributed by atoms with Crippen molar-refractivity contribution in [2.75, 3.05) is 7.05 Å². The fraction of sp³-hybridized carbons (Fsp3) is 0.818. The molecule has 1 unspecified atom stereocenters. The molecule has 0 aliphatic heterocycles. The molecule has 1 aromatic heterocycles. The molecule has 84 valence electrons. The second-order valence-corrected chi connectivity index (χ2v) is 4.61. The molecule has 1 N–H and O–H groups in total. The van der Waals surface area contributed by atoms with Gasteiger partial charge in [0.15, 0.2) is 0 Å². The Morgan fingerprint density at radius 3 is 2.87 bits per heavy atom. The third-order valence-corrected chi connectivity index (χ3v) is 3.36. The van der Waals surface area contributed by atoms with Crippen LogP contribution in [0.1, 0.15) is 31.4 Å². The van der Waals surface area contributed by atoms with Gasteiger partial charge in [0, 0.05) is 25.7 Å². The molecule has 0 spiro atoms. The van der Waals surface area contributed by atoms with Crippen LogP contribution >= 0.6 is 0 Å². The highest BCUT2D eigenvalue weighted by molar-refractivity contribution is 4.96. The minimum Gasteiger partial charge on any atom is -0.317 e. The Labute approximate surface area is 91.1 Å². The molecule has 4 heteroatoms. The first-order valence-corrected chi connectivity index (χ1v) is 5.80. The Balaban J connectivity index is 1.84. The van der Waals surface area contributed by atoms with E-state index < -0.39 is 0 Å². The molecule has 4 nitrogen and oxygen atoms in total. The van der Waals surface area contributed by atoms with Gasteiger partial charge in [-0.1, -0.05) is 24.5 Å². The smallest absolute Gasteiger partial charge is 0.0842 e. The van der Waals surface area contributed by atoms with Crippen LogP contribution in [0.4, 0.5) is 0 Å². The molecule has 1 aliphatic carbocycles. The van der Waals surface area contributed by atoms with Crippen LogP contribution in [-0.2, 0) is 13.5 Å². The number of rotatable bonds is 5. The minimum absolute atomic E-state index is 0.562. The molecule has 1 aromatic rings. The second-order valence-electron chi connectivity index (χ2n) is 4.61. The minimum atomic E-state index is 0.562. The summed E-state index contributed by atoms with van der Waals surface area (Å²) >= 11 is 0. The maximum atomic E-state index is 4.13. The largest absolute Gasteiger partial charge is 0.317 e. The monoisotopic (exact) mass is 208 g/mol. The summed E-state index contributed by atoms with van der Waals surface area (Å²) in [6, 6.07) is 0.562. The van der Waals surface area contributed by atoms with Gasteiger partial charge in [0.1, 0.15) is 0 Å². The molecule has 0 radical (unpaired) electrons. The van der Waals surface area contributed by atoms with Crippen LogP contribution in [0.25, 0.3) is 0 Å². The van der Waals surface area contributed by atoms with E-state index in [1.54, 1.807) is 4.68 Å². The van der Waals surface area contributed by atoms with Crippen molar-refractivity contribution < 1.29 is 0 Å². The predicted octanol–water partition coefficient (Wildman–Crippen LogP) is 1.14. The van der Waals surface area contributed by atoms with Gasteiger partial charge in [-0.25, -0.2) is 0 Å². The van der Waals surface area contributed by atoms with Crippen LogP contribution in [-0.4, -0.2) is 28.1 Å². The zero-order valence-corrected chi connectivity index (χ0v) is 9.61. The molecule has 15 heavy (non-hydrogen) atoms. The normalized spacial score (nSPS) is 18.8. The second kappa shape index (κ2) is 4.75. The standard InChI is InChI=1S/C11H20N4/c1-12-10(6-9-4-3-5-9)7-11-8-15(2)14-13-11/h8-10,12H,3-7H2,1-2H3. The topological polar surface area (TPSA) is 42.7 Å². The van der Waals surface area contributed by atoms with E-state index in [9.17, 15) is 0 Å². The fourth-order valence-electron chi connectivity index (χ4n) is 2.18. The Morgan fingerprint density at radius 1 is 1.60 bits per heavy atom. The maximum absolute atomic E-state index is 4.13. The highest BCUT2D eigenvalue weighted by atomic mass is 15.4. The Kier molecular flexibility index (Phi) is 3.36. The maximum Gasteiger partial charge on any atom is 0.0842 e. The predicted molar refractivity (Wildman–Crippen MR) is 59.5 cm³/mol. The number of hydrogen-bond acceptors (Lipinski definition) is 3.